The highest BCUT2D eigenvalue weighted by Gasteiger charge is 1.97. The minimum atomic E-state index is -0.181. The Balaban J connectivity index is 1.67. The van der Waals surface area contributed by atoms with E-state index in [2.05, 4.69) is 21.2 Å². The molecule has 1 aromatic heterocycles. The molecule has 104 valence electrons. The third kappa shape index (κ3) is 4.93. The van der Waals surface area contributed by atoms with E-state index in [1.54, 1.807) is 24.5 Å². The molecule has 0 radical (unpaired) electrons. The molecule has 1 heterocycles. The second-order valence-corrected chi connectivity index (χ2v) is 4.86. The Bertz CT molecular complexity index is 579. The van der Waals surface area contributed by atoms with Gasteiger partial charge in [-0.2, -0.15) is 0 Å². The number of hydrogen-bond acceptors (Lipinski definition) is 3. The van der Waals surface area contributed by atoms with Crippen LogP contribution in [0.2, 0.25) is 0 Å². The first-order valence-corrected chi connectivity index (χ1v) is 6.91. The zero-order chi connectivity index (χ0) is 14.2. The summed E-state index contributed by atoms with van der Waals surface area (Å²) < 4.78 is 11.5. The van der Waals surface area contributed by atoms with E-state index in [1.807, 2.05) is 24.3 Å². The van der Waals surface area contributed by atoms with Crippen LogP contribution < -0.4 is 10.1 Å². The molecule has 0 saturated carbocycles. The van der Waals surface area contributed by atoms with E-state index >= 15 is 0 Å². The normalized spacial score (nSPS) is 10.7. The second kappa shape index (κ2) is 7.55. The van der Waals surface area contributed by atoms with Gasteiger partial charge in [0.25, 0.3) is 0 Å². The van der Waals surface area contributed by atoms with E-state index in [1.165, 1.54) is 6.08 Å². The highest BCUT2D eigenvalue weighted by Crippen LogP contribution is 2.17. The van der Waals surface area contributed by atoms with Crippen molar-refractivity contribution in [2.24, 2.45) is 0 Å². The summed E-state index contributed by atoms with van der Waals surface area (Å²) in [5.74, 6) is 1.23. The Hall–Kier alpha value is -2.01. The van der Waals surface area contributed by atoms with Gasteiger partial charge in [0, 0.05) is 10.5 Å². The van der Waals surface area contributed by atoms with Gasteiger partial charge in [-0.15, -0.1) is 0 Å². The number of nitrogens with one attached hydrogen (secondary N) is 1. The van der Waals surface area contributed by atoms with Crippen molar-refractivity contribution in [1.82, 2.24) is 5.32 Å². The molecule has 0 aliphatic carbocycles. The Morgan fingerprint density at radius 1 is 1.35 bits per heavy atom. The molecule has 2 aromatic rings. The Labute approximate surface area is 125 Å². The molecule has 0 spiro atoms. The van der Waals surface area contributed by atoms with Crippen LogP contribution in [0, 0.1) is 0 Å². The van der Waals surface area contributed by atoms with Crippen LogP contribution in [0.5, 0.6) is 5.75 Å². The Kier molecular flexibility index (Phi) is 5.43. The molecule has 2 rings (SSSR count). The third-order valence-corrected chi connectivity index (χ3v) is 2.90. The molecule has 5 heteroatoms. The Morgan fingerprint density at radius 2 is 2.25 bits per heavy atom. The van der Waals surface area contributed by atoms with E-state index in [0.717, 1.165) is 10.2 Å². The first-order valence-electron chi connectivity index (χ1n) is 6.12. The maximum Gasteiger partial charge on any atom is 0.244 e. The maximum atomic E-state index is 11.5. The number of amides is 1. The number of carbonyl (C=O) groups excluding carboxylic acids is 1. The highest BCUT2D eigenvalue weighted by atomic mass is 79.9. The van der Waals surface area contributed by atoms with Gasteiger partial charge in [-0.1, -0.05) is 22.0 Å². The topological polar surface area (TPSA) is 51.5 Å². The molecule has 0 unspecified atom stereocenters. The predicted molar refractivity (Wildman–Crippen MR) is 80.4 cm³/mol. The monoisotopic (exact) mass is 335 g/mol. The van der Waals surface area contributed by atoms with Crippen LogP contribution >= 0.6 is 15.9 Å². The van der Waals surface area contributed by atoms with Crippen molar-refractivity contribution in [2.75, 3.05) is 13.2 Å². The molecule has 0 saturated heterocycles. The highest BCUT2D eigenvalue weighted by molar-refractivity contribution is 9.10. The molecule has 1 aromatic carbocycles. The number of hydrogen-bond donors (Lipinski definition) is 1. The van der Waals surface area contributed by atoms with Crippen molar-refractivity contribution in [3.8, 4) is 5.75 Å². The van der Waals surface area contributed by atoms with E-state index in [4.69, 9.17) is 9.15 Å². The zero-order valence-electron chi connectivity index (χ0n) is 10.7. The number of carbonyl (C=O) groups is 1. The molecule has 0 fully saturated rings. The lowest BCUT2D eigenvalue weighted by Gasteiger charge is -2.06. The number of benzene rings is 1. The summed E-state index contributed by atoms with van der Waals surface area (Å²) in [4.78, 5) is 11.5. The van der Waals surface area contributed by atoms with Gasteiger partial charge in [-0.25, -0.2) is 0 Å². The van der Waals surface area contributed by atoms with Crippen LogP contribution in [-0.4, -0.2) is 19.1 Å². The fourth-order valence-corrected chi connectivity index (χ4v) is 1.88. The minimum Gasteiger partial charge on any atom is -0.492 e. The van der Waals surface area contributed by atoms with Gasteiger partial charge in [0.15, 0.2) is 0 Å². The zero-order valence-corrected chi connectivity index (χ0v) is 12.3. The number of rotatable bonds is 6. The molecule has 0 bridgehead atoms. The maximum absolute atomic E-state index is 11.5. The lowest BCUT2D eigenvalue weighted by Crippen LogP contribution is -2.26. The van der Waals surface area contributed by atoms with Crippen LogP contribution in [0.3, 0.4) is 0 Å². The summed E-state index contributed by atoms with van der Waals surface area (Å²) in [5.41, 5.74) is 0. The van der Waals surface area contributed by atoms with Crippen LogP contribution in [0.25, 0.3) is 6.08 Å². The van der Waals surface area contributed by atoms with Crippen LogP contribution in [0.4, 0.5) is 0 Å². The van der Waals surface area contributed by atoms with Crippen molar-refractivity contribution >= 4 is 27.9 Å². The molecule has 4 nitrogen and oxygen atoms in total. The van der Waals surface area contributed by atoms with Crippen molar-refractivity contribution < 1.29 is 13.9 Å². The van der Waals surface area contributed by atoms with Gasteiger partial charge in [0.2, 0.25) is 5.91 Å². The molecule has 1 N–H and O–H groups in total. The lowest BCUT2D eigenvalue weighted by molar-refractivity contribution is -0.116. The fourth-order valence-electron chi connectivity index (χ4n) is 1.50. The molecule has 1 amide bonds. The fraction of sp³-hybridized carbons (Fsp3) is 0.133. The van der Waals surface area contributed by atoms with Gasteiger partial charge in [0.05, 0.1) is 12.8 Å². The van der Waals surface area contributed by atoms with Crippen molar-refractivity contribution in [3.05, 3.63) is 59.0 Å². The summed E-state index contributed by atoms with van der Waals surface area (Å²) in [6, 6.07) is 11.1. The lowest BCUT2D eigenvalue weighted by atomic mass is 10.3. The smallest absolute Gasteiger partial charge is 0.244 e. The average Bonchev–Trinajstić information content (AvgIpc) is 2.95. The van der Waals surface area contributed by atoms with Gasteiger partial charge in [-0.3, -0.25) is 4.79 Å². The van der Waals surface area contributed by atoms with Crippen molar-refractivity contribution in [3.63, 3.8) is 0 Å². The van der Waals surface area contributed by atoms with Gasteiger partial charge >= 0.3 is 0 Å². The van der Waals surface area contributed by atoms with Crippen molar-refractivity contribution in [2.45, 2.75) is 0 Å². The Morgan fingerprint density at radius 3 is 3.00 bits per heavy atom. The summed E-state index contributed by atoms with van der Waals surface area (Å²) in [6.45, 7) is 0.852. The molecule has 0 aliphatic rings. The van der Waals surface area contributed by atoms with Crippen LogP contribution in [-0.2, 0) is 4.79 Å². The van der Waals surface area contributed by atoms with Crippen LogP contribution in [0.1, 0.15) is 5.76 Å². The van der Waals surface area contributed by atoms with E-state index in [-0.39, 0.29) is 5.91 Å². The summed E-state index contributed by atoms with van der Waals surface area (Å²) in [5, 5.41) is 2.73. The largest absolute Gasteiger partial charge is 0.492 e. The van der Waals surface area contributed by atoms with E-state index in [9.17, 15) is 4.79 Å². The molecule has 0 atom stereocenters. The van der Waals surface area contributed by atoms with Crippen LogP contribution in [0.15, 0.2) is 57.6 Å². The van der Waals surface area contributed by atoms with E-state index in [0.29, 0.717) is 18.9 Å². The SMILES string of the molecule is O=C(/C=C/c1ccco1)NCCOc1cccc(Br)c1. The first-order chi connectivity index (χ1) is 9.74. The molecule has 0 aliphatic heterocycles. The average molecular weight is 336 g/mol. The minimum absolute atomic E-state index is 0.181. The van der Waals surface area contributed by atoms with E-state index < -0.39 is 0 Å². The molecule has 20 heavy (non-hydrogen) atoms. The van der Waals surface area contributed by atoms with Gasteiger partial charge in [0.1, 0.15) is 18.1 Å². The summed E-state index contributed by atoms with van der Waals surface area (Å²) >= 11 is 3.37. The quantitative estimate of drug-likeness (QED) is 0.651. The summed E-state index contributed by atoms with van der Waals surface area (Å²) in [7, 11) is 0. The molecular formula is C15H14BrNO3. The number of furan rings is 1. The van der Waals surface area contributed by atoms with Gasteiger partial charge < -0.3 is 14.5 Å². The second-order valence-electron chi connectivity index (χ2n) is 3.95. The standard InChI is InChI=1S/C15H14BrNO3/c16-12-3-1-4-14(11-12)20-10-8-17-15(18)7-6-13-5-2-9-19-13/h1-7,9,11H,8,10H2,(H,17,18)/b7-6+. The third-order valence-electron chi connectivity index (χ3n) is 2.41. The number of ether oxygens (including phenoxy) is 1. The number of halogens is 1. The molecular weight excluding hydrogens is 322 g/mol. The predicted octanol–water partition coefficient (Wildman–Crippen LogP) is 3.25. The summed E-state index contributed by atoms with van der Waals surface area (Å²) in [6.07, 6.45) is 4.60. The van der Waals surface area contributed by atoms with Gasteiger partial charge in [-0.05, 0) is 36.4 Å². The first kappa shape index (κ1) is 14.4. The van der Waals surface area contributed by atoms with Crippen molar-refractivity contribution in [1.29, 1.82) is 0 Å².